The van der Waals surface area contributed by atoms with Crippen LogP contribution in [-0.2, 0) is 12.0 Å². The third-order valence-electron chi connectivity index (χ3n) is 5.41. The Labute approximate surface area is 182 Å². The van der Waals surface area contributed by atoms with Crippen LogP contribution in [0.25, 0.3) is 10.4 Å². The van der Waals surface area contributed by atoms with Crippen LogP contribution in [0, 0.1) is 0 Å². The zero-order valence-electron chi connectivity index (χ0n) is 17.9. The molecule has 0 bridgehead atoms. The van der Waals surface area contributed by atoms with Crippen molar-refractivity contribution in [3.8, 4) is 17.2 Å². The maximum Gasteiger partial charge on any atom is 0.118 e. The van der Waals surface area contributed by atoms with Crippen molar-refractivity contribution in [2.75, 3.05) is 21.3 Å². The first-order valence-electron chi connectivity index (χ1n) is 9.81. The molecule has 0 radical (unpaired) electrons. The zero-order chi connectivity index (χ0) is 22.3. The number of nitrogens with zero attached hydrogens (tertiary/aromatic N) is 3. The molecule has 0 spiro atoms. The van der Waals surface area contributed by atoms with Gasteiger partial charge in [0.25, 0.3) is 0 Å². The van der Waals surface area contributed by atoms with E-state index in [0.717, 1.165) is 22.4 Å². The molecule has 0 aliphatic heterocycles. The zero-order valence-corrected chi connectivity index (χ0v) is 17.9. The maximum absolute atomic E-state index is 9.55. The molecule has 160 valence electrons. The van der Waals surface area contributed by atoms with Crippen LogP contribution in [0.5, 0.6) is 17.2 Å². The summed E-state index contributed by atoms with van der Waals surface area (Å²) >= 11 is 0. The average molecular weight is 418 g/mol. The van der Waals surface area contributed by atoms with Gasteiger partial charge in [0.05, 0.1) is 21.3 Å². The topological polar surface area (TPSA) is 102 Å². The first-order chi connectivity index (χ1) is 15.1. The standard InChI is InChI=1S/C24H26N4O3/c1-29-20-10-4-17(5-11-20)16-23(25)24(27-28-26,18-6-12-21(30-2)13-7-18)19-8-14-22(31-3)15-9-19/h4-15,23H,16,25H2,1-3H3. The molecule has 0 fully saturated rings. The van der Waals surface area contributed by atoms with E-state index < -0.39 is 11.6 Å². The third kappa shape index (κ3) is 4.58. The summed E-state index contributed by atoms with van der Waals surface area (Å²) in [6, 6.07) is 22.0. The number of hydrogen-bond donors (Lipinski definition) is 1. The van der Waals surface area contributed by atoms with Crippen molar-refractivity contribution in [2.24, 2.45) is 10.8 Å². The molecule has 0 amide bonds. The molecule has 1 atom stereocenters. The Morgan fingerprint density at radius 2 is 1.16 bits per heavy atom. The Morgan fingerprint density at radius 3 is 1.52 bits per heavy atom. The van der Waals surface area contributed by atoms with Gasteiger partial charge in [-0.25, -0.2) is 0 Å². The number of benzene rings is 3. The summed E-state index contributed by atoms with van der Waals surface area (Å²) in [7, 11) is 4.84. The van der Waals surface area contributed by atoms with E-state index in [1.54, 1.807) is 21.3 Å². The highest BCUT2D eigenvalue weighted by Crippen LogP contribution is 2.39. The minimum atomic E-state index is -1.13. The molecule has 0 heterocycles. The molecule has 7 nitrogen and oxygen atoms in total. The predicted octanol–water partition coefficient (Wildman–Crippen LogP) is 4.84. The second kappa shape index (κ2) is 9.89. The van der Waals surface area contributed by atoms with Crippen molar-refractivity contribution in [3.63, 3.8) is 0 Å². The van der Waals surface area contributed by atoms with E-state index in [-0.39, 0.29) is 0 Å². The second-order valence-corrected chi connectivity index (χ2v) is 7.07. The van der Waals surface area contributed by atoms with Crippen LogP contribution in [0.2, 0.25) is 0 Å². The quantitative estimate of drug-likeness (QED) is 0.305. The summed E-state index contributed by atoms with van der Waals surface area (Å²) in [5.41, 5.74) is 17.8. The molecule has 31 heavy (non-hydrogen) atoms. The van der Waals surface area contributed by atoms with Crippen molar-refractivity contribution in [1.29, 1.82) is 0 Å². The molecular weight excluding hydrogens is 392 g/mol. The summed E-state index contributed by atoms with van der Waals surface area (Å²) in [6.07, 6.45) is 0.487. The van der Waals surface area contributed by atoms with E-state index >= 15 is 0 Å². The van der Waals surface area contributed by atoms with Crippen LogP contribution < -0.4 is 19.9 Å². The van der Waals surface area contributed by atoms with E-state index in [2.05, 4.69) is 10.0 Å². The number of ether oxygens (including phenoxy) is 3. The van der Waals surface area contributed by atoms with Gasteiger partial charge in [0.15, 0.2) is 0 Å². The monoisotopic (exact) mass is 418 g/mol. The fourth-order valence-corrected chi connectivity index (χ4v) is 3.71. The van der Waals surface area contributed by atoms with E-state index in [1.165, 1.54) is 0 Å². The van der Waals surface area contributed by atoms with Crippen molar-refractivity contribution < 1.29 is 14.2 Å². The highest BCUT2D eigenvalue weighted by Gasteiger charge is 2.40. The Kier molecular flexibility index (Phi) is 7.03. The fourth-order valence-electron chi connectivity index (χ4n) is 3.71. The van der Waals surface area contributed by atoms with Crippen LogP contribution in [-0.4, -0.2) is 27.4 Å². The first-order valence-corrected chi connectivity index (χ1v) is 9.81. The molecule has 2 N–H and O–H groups in total. The molecule has 0 aromatic heterocycles. The second-order valence-electron chi connectivity index (χ2n) is 7.07. The number of azide groups is 1. The molecule has 1 unspecified atom stereocenters. The van der Waals surface area contributed by atoms with Crippen molar-refractivity contribution in [1.82, 2.24) is 0 Å². The molecule has 3 aromatic carbocycles. The third-order valence-corrected chi connectivity index (χ3v) is 5.41. The summed E-state index contributed by atoms with van der Waals surface area (Å²) in [6.45, 7) is 0. The Hall–Kier alpha value is -3.67. The van der Waals surface area contributed by atoms with Gasteiger partial charge in [-0.2, -0.15) is 0 Å². The van der Waals surface area contributed by atoms with Crippen LogP contribution in [0.1, 0.15) is 16.7 Å². The summed E-state index contributed by atoms with van der Waals surface area (Å²) < 4.78 is 15.8. The van der Waals surface area contributed by atoms with Gasteiger partial charge < -0.3 is 19.9 Å². The maximum atomic E-state index is 9.55. The first kappa shape index (κ1) is 22.0. The molecule has 0 aliphatic carbocycles. The average Bonchev–Trinajstić information content (AvgIpc) is 2.83. The summed E-state index contributed by atoms with van der Waals surface area (Å²) in [4.78, 5) is 3.20. The van der Waals surface area contributed by atoms with Crippen LogP contribution in [0.4, 0.5) is 0 Å². The lowest BCUT2D eigenvalue weighted by molar-refractivity contribution is 0.402. The normalized spacial score (nSPS) is 11.9. The lowest BCUT2D eigenvalue weighted by Crippen LogP contribution is -2.46. The van der Waals surface area contributed by atoms with Crippen LogP contribution >= 0.6 is 0 Å². The van der Waals surface area contributed by atoms with E-state index in [0.29, 0.717) is 17.9 Å². The van der Waals surface area contributed by atoms with Gasteiger partial charge in [-0.1, -0.05) is 41.5 Å². The minimum Gasteiger partial charge on any atom is -0.497 e. The predicted molar refractivity (Wildman–Crippen MR) is 121 cm³/mol. The molecular formula is C24H26N4O3. The largest absolute Gasteiger partial charge is 0.497 e. The van der Waals surface area contributed by atoms with Crippen LogP contribution in [0.15, 0.2) is 77.9 Å². The molecule has 3 rings (SSSR count). The SMILES string of the molecule is COc1ccc(CC(N)C(N=[N+]=[N-])(c2ccc(OC)cc2)c2ccc(OC)cc2)cc1. The number of hydrogen-bond acceptors (Lipinski definition) is 5. The van der Waals surface area contributed by atoms with Gasteiger partial charge >= 0.3 is 0 Å². The van der Waals surface area contributed by atoms with Crippen molar-refractivity contribution in [3.05, 3.63) is 99.9 Å². The molecule has 0 aliphatic rings. The Balaban J connectivity index is 2.12. The van der Waals surface area contributed by atoms with Crippen molar-refractivity contribution >= 4 is 0 Å². The van der Waals surface area contributed by atoms with E-state index in [1.807, 2.05) is 72.8 Å². The summed E-state index contributed by atoms with van der Waals surface area (Å²) in [5, 5.41) is 4.29. The lowest BCUT2D eigenvalue weighted by Gasteiger charge is -2.36. The van der Waals surface area contributed by atoms with Gasteiger partial charge in [0.1, 0.15) is 22.8 Å². The van der Waals surface area contributed by atoms with Crippen molar-refractivity contribution in [2.45, 2.75) is 18.0 Å². The molecule has 3 aromatic rings. The Bertz CT molecular complexity index is 980. The smallest absolute Gasteiger partial charge is 0.118 e. The minimum absolute atomic E-state index is 0.487. The fraction of sp³-hybridized carbons (Fsp3) is 0.250. The number of nitrogens with two attached hydrogens (primary N) is 1. The van der Waals surface area contributed by atoms with E-state index in [9.17, 15) is 5.53 Å². The molecule has 0 saturated heterocycles. The molecule has 7 heteroatoms. The van der Waals surface area contributed by atoms with Gasteiger partial charge in [0.2, 0.25) is 0 Å². The van der Waals surface area contributed by atoms with E-state index in [4.69, 9.17) is 19.9 Å². The van der Waals surface area contributed by atoms with Gasteiger partial charge in [-0.15, -0.1) is 0 Å². The number of methoxy groups -OCH3 is 3. The van der Waals surface area contributed by atoms with Crippen LogP contribution in [0.3, 0.4) is 0 Å². The Morgan fingerprint density at radius 1 is 0.774 bits per heavy atom. The lowest BCUT2D eigenvalue weighted by atomic mass is 9.75. The van der Waals surface area contributed by atoms with Gasteiger partial charge in [-0.05, 0) is 65.0 Å². The highest BCUT2D eigenvalue weighted by atomic mass is 16.5. The van der Waals surface area contributed by atoms with Gasteiger partial charge in [-0.3, -0.25) is 0 Å². The summed E-state index contributed by atoms with van der Waals surface area (Å²) in [5.74, 6) is 2.18. The highest BCUT2D eigenvalue weighted by molar-refractivity contribution is 5.45. The van der Waals surface area contributed by atoms with Gasteiger partial charge in [0, 0.05) is 11.0 Å². The molecule has 0 saturated carbocycles. The number of rotatable bonds is 9.